The molecule has 0 spiro atoms. The molecule has 1 aliphatic heterocycles. The fourth-order valence-electron chi connectivity index (χ4n) is 2.21. The van der Waals surface area contributed by atoms with Crippen LogP contribution in [-0.4, -0.2) is 54.4 Å². The molecule has 0 saturated carbocycles. The molecule has 0 atom stereocenters. The Hall–Kier alpha value is -1.25. The molecule has 0 unspecified atom stereocenters. The van der Waals surface area contributed by atoms with Crippen molar-refractivity contribution in [3.63, 3.8) is 0 Å². The number of amides is 1. The molecule has 1 amide bonds. The fourth-order valence-corrected chi connectivity index (χ4v) is 2.21. The van der Waals surface area contributed by atoms with E-state index in [0.29, 0.717) is 6.54 Å². The van der Waals surface area contributed by atoms with E-state index in [2.05, 4.69) is 15.2 Å². The number of piperazine rings is 1. The van der Waals surface area contributed by atoms with Crippen LogP contribution in [0.1, 0.15) is 19.6 Å². The highest BCUT2D eigenvalue weighted by Crippen LogP contribution is 2.05. The largest absolute Gasteiger partial charge is 0.467 e. The van der Waals surface area contributed by atoms with Crippen molar-refractivity contribution in [2.45, 2.75) is 20.4 Å². The zero-order valence-corrected chi connectivity index (χ0v) is 14.9. The third kappa shape index (κ3) is 5.22. The highest BCUT2D eigenvalue weighted by atomic mass is 127. The summed E-state index contributed by atoms with van der Waals surface area (Å²) < 4.78 is 5.29. The normalized spacial score (nSPS) is 15.6. The van der Waals surface area contributed by atoms with E-state index in [1.54, 1.807) is 13.2 Å². The lowest BCUT2D eigenvalue weighted by atomic mass is 10.3. The van der Waals surface area contributed by atoms with Gasteiger partial charge in [-0.25, -0.2) is 4.99 Å². The monoisotopic (exact) mass is 406 g/mol. The smallest absolute Gasteiger partial charge is 0.219 e. The maximum atomic E-state index is 11.3. The van der Waals surface area contributed by atoms with Crippen LogP contribution in [0.15, 0.2) is 27.8 Å². The first-order valence-electron chi connectivity index (χ1n) is 7.02. The Labute approximate surface area is 142 Å². The second kappa shape index (κ2) is 8.91. The number of hydrogen-bond donors (Lipinski definition) is 1. The second-order valence-electron chi connectivity index (χ2n) is 4.74. The van der Waals surface area contributed by atoms with Crippen LogP contribution in [-0.2, 0) is 11.3 Å². The summed E-state index contributed by atoms with van der Waals surface area (Å²) in [7, 11) is 0. The van der Waals surface area contributed by atoms with E-state index in [4.69, 9.17) is 4.42 Å². The minimum atomic E-state index is 0. The lowest BCUT2D eigenvalue weighted by molar-refractivity contribution is -0.130. The third-order valence-corrected chi connectivity index (χ3v) is 3.32. The molecule has 2 heterocycles. The van der Waals surface area contributed by atoms with Crippen molar-refractivity contribution in [1.29, 1.82) is 0 Å². The summed E-state index contributed by atoms with van der Waals surface area (Å²) in [5, 5.41) is 3.29. The van der Waals surface area contributed by atoms with Crippen molar-refractivity contribution in [2.75, 3.05) is 32.7 Å². The molecule has 118 valence electrons. The number of nitrogens with zero attached hydrogens (tertiary/aromatic N) is 3. The van der Waals surface area contributed by atoms with E-state index >= 15 is 0 Å². The lowest BCUT2D eigenvalue weighted by Crippen LogP contribution is -2.53. The standard InChI is InChI=1S/C14H22N4O2.HI/c1-3-15-14(16-11-13-5-4-10-20-13)18-8-6-17(7-9-18)12(2)19;/h4-5,10H,3,6-9,11H2,1-2H3,(H,15,16);1H. The van der Waals surface area contributed by atoms with Crippen LogP contribution in [0.25, 0.3) is 0 Å². The second-order valence-corrected chi connectivity index (χ2v) is 4.74. The number of carbonyl (C=O) groups excluding carboxylic acids is 1. The summed E-state index contributed by atoms with van der Waals surface area (Å²) in [5.74, 6) is 1.87. The predicted molar refractivity (Wildman–Crippen MR) is 92.8 cm³/mol. The van der Waals surface area contributed by atoms with Crippen LogP contribution >= 0.6 is 24.0 Å². The van der Waals surface area contributed by atoms with Gasteiger partial charge in [-0.15, -0.1) is 24.0 Å². The van der Waals surface area contributed by atoms with Crippen molar-refractivity contribution >= 4 is 35.8 Å². The molecule has 0 bridgehead atoms. The Morgan fingerprint density at radius 1 is 1.33 bits per heavy atom. The molecule has 1 aliphatic rings. The van der Waals surface area contributed by atoms with Crippen LogP contribution < -0.4 is 5.32 Å². The Bertz CT molecular complexity index is 454. The van der Waals surface area contributed by atoms with Crippen molar-refractivity contribution < 1.29 is 9.21 Å². The summed E-state index contributed by atoms with van der Waals surface area (Å²) in [6.07, 6.45) is 1.66. The Morgan fingerprint density at radius 2 is 2.00 bits per heavy atom. The lowest BCUT2D eigenvalue weighted by Gasteiger charge is -2.36. The molecule has 2 rings (SSSR count). The van der Waals surface area contributed by atoms with Gasteiger partial charge in [-0.2, -0.15) is 0 Å². The molecule has 21 heavy (non-hydrogen) atoms. The summed E-state index contributed by atoms with van der Waals surface area (Å²) in [5.41, 5.74) is 0. The van der Waals surface area contributed by atoms with Gasteiger partial charge in [0, 0.05) is 39.6 Å². The van der Waals surface area contributed by atoms with E-state index in [-0.39, 0.29) is 29.9 Å². The number of aliphatic imine (C=N–C) groups is 1. The number of nitrogens with one attached hydrogen (secondary N) is 1. The van der Waals surface area contributed by atoms with Crippen molar-refractivity contribution in [2.24, 2.45) is 4.99 Å². The van der Waals surface area contributed by atoms with Crippen LogP contribution in [0.2, 0.25) is 0 Å². The minimum Gasteiger partial charge on any atom is -0.467 e. The average molecular weight is 406 g/mol. The summed E-state index contributed by atoms with van der Waals surface area (Å²) in [6.45, 7) is 8.14. The minimum absolute atomic E-state index is 0. The number of hydrogen-bond acceptors (Lipinski definition) is 3. The zero-order valence-electron chi connectivity index (χ0n) is 12.5. The Morgan fingerprint density at radius 3 is 2.52 bits per heavy atom. The quantitative estimate of drug-likeness (QED) is 0.470. The van der Waals surface area contributed by atoms with E-state index in [1.807, 2.05) is 24.0 Å². The van der Waals surface area contributed by atoms with E-state index in [0.717, 1.165) is 44.4 Å². The fraction of sp³-hybridized carbons (Fsp3) is 0.571. The van der Waals surface area contributed by atoms with Crippen molar-refractivity contribution in [1.82, 2.24) is 15.1 Å². The molecule has 1 fully saturated rings. The van der Waals surface area contributed by atoms with Gasteiger partial charge in [0.05, 0.1) is 6.26 Å². The highest BCUT2D eigenvalue weighted by molar-refractivity contribution is 14.0. The molecule has 1 N–H and O–H groups in total. The van der Waals surface area contributed by atoms with E-state index in [1.165, 1.54) is 0 Å². The molecular formula is C14H23IN4O2. The highest BCUT2D eigenvalue weighted by Gasteiger charge is 2.20. The van der Waals surface area contributed by atoms with Gasteiger partial charge in [-0.1, -0.05) is 0 Å². The topological polar surface area (TPSA) is 61.1 Å². The molecule has 6 nitrogen and oxygen atoms in total. The molecular weight excluding hydrogens is 383 g/mol. The molecule has 0 radical (unpaired) electrons. The molecule has 1 aromatic heterocycles. The SMILES string of the molecule is CCNC(=NCc1ccco1)N1CCN(C(C)=O)CC1.I. The van der Waals surface area contributed by atoms with Gasteiger partial charge in [-0.3, -0.25) is 4.79 Å². The van der Waals surface area contributed by atoms with Gasteiger partial charge in [-0.05, 0) is 19.1 Å². The number of carbonyl (C=O) groups is 1. The Kier molecular flexibility index (Phi) is 7.55. The molecule has 0 aromatic carbocycles. The molecule has 1 saturated heterocycles. The Balaban J connectivity index is 0.00000220. The summed E-state index contributed by atoms with van der Waals surface area (Å²) in [4.78, 5) is 20.0. The number of halogens is 1. The first-order chi connectivity index (χ1) is 9.70. The van der Waals surface area contributed by atoms with Gasteiger partial charge in [0.1, 0.15) is 12.3 Å². The van der Waals surface area contributed by atoms with Crippen LogP contribution in [0, 0.1) is 0 Å². The average Bonchev–Trinajstić information content (AvgIpc) is 2.97. The number of rotatable bonds is 3. The maximum absolute atomic E-state index is 11.3. The van der Waals surface area contributed by atoms with E-state index in [9.17, 15) is 4.79 Å². The number of guanidine groups is 1. The van der Waals surface area contributed by atoms with Gasteiger partial charge in [0.2, 0.25) is 5.91 Å². The summed E-state index contributed by atoms with van der Waals surface area (Å²) >= 11 is 0. The first kappa shape index (κ1) is 17.8. The third-order valence-electron chi connectivity index (χ3n) is 3.32. The number of furan rings is 1. The summed E-state index contributed by atoms with van der Waals surface area (Å²) in [6, 6.07) is 3.78. The van der Waals surface area contributed by atoms with Gasteiger partial charge < -0.3 is 19.5 Å². The van der Waals surface area contributed by atoms with Gasteiger partial charge >= 0.3 is 0 Å². The molecule has 7 heteroatoms. The van der Waals surface area contributed by atoms with Crippen molar-refractivity contribution in [3.05, 3.63) is 24.2 Å². The van der Waals surface area contributed by atoms with Crippen LogP contribution in [0.3, 0.4) is 0 Å². The van der Waals surface area contributed by atoms with E-state index < -0.39 is 0 Å². The first-order valence-corrected chi connectivity index (χ1v) is 7.02. The van der Waals surface area contributed by atoms with Gasteiger partial charge in [0.15, 0.2) is 5.96 Å². The molecule has 0 aliphatic carbocycles. The van der Waals surface area contributed by atoms with Crippen LogP contribution in [0.5, 0.6) is 0 Å². The van der Waals surface area contributed by atoms with Gasteiger partial charge in [0.25, 0.3) is 0 Å². The predicted octanol–water partition coefficient (Wildman–Crippen LogP) is 1.53. The maximum Gasteiger partial charge on any atom is 0.219 e. The zero-order chi connectivity index (χ0) is 14.4. The van der Waals surface area contributed by atoms with Crippen LogP contribution in [0.4, 0.5) is 0 Å². The molecule has 1 aromatic rings. The van der Waals surface area contributed by atoms with Crippen molar-refractivity contribution in [3.8, 4) is 0 Å².